The van der Waals surface area contributed by atoms with Gasteiger partial charge in [0.2, 0.25) is 0 Å². The lowest BCUT2D eigenvalue weighted by molar-refractivity contribution is 0.0816. The van der Waals surface area contributed by atoms with Gasteiger partial charge >= 0.3 is 0 Å². The monoisotopic (exact) mass is 281 g/mol. The molecule has 1 atom stereocenters. The summed E-state index contributed by atoms with van der Waals surface area (Å²) in [6.07, 6.45) is 2.93. The third-order valence-corrected chi connectivity index (χ3v) is 3.84. The first-order valence-electron chi connectivity index (χ1n) is 7.42. The van der Waals surface area contributed by atoms with E-state index in [1.54, 1.807) is 6.20 Å². The highest BCUT2D eigenvalue weighted by atomic mass is 16.3. The number of aromatic nitrogens is 2. The van der Waals surface area contributed by atoms with Crippen LogP contribution in [0.4, 0.5) is 0 Å². The Morgan fingerprint density at radius 3 is 2.45 bits per heavy atom. The Labute approximate surface area is 121 Å². The number of aliphatic hydroxyl groups excluding tert-OH is 1. The van der Waals surface area contributed by atoms with E-state index in [9.17, 15) is 9.90 Å². The molecule has 2 N–H and O–H groups in total. The summed E-state index contributed by atoms with van der Waals surface area (Å²) >= 11 is 0. The first-order valence-corrected chi connectivity index (χ1v) is 7.42. The van der Waals surface area contributed by atoms with Crippen LogP contribution in [-0.4, -0.2) is 33.4 Å². The fourth-order valence-corrected chi connectivity index (χ4v) is 2.46. The third kappa shape index (κ3) is 3.82. The molecule has 1 unspecified atom stereocenters. The van der Waals surface area contributed by atoms with E-state index in [4.69, 9.17) is 0 Å². The number of nitrogens with one attached hydrogen (secondary N) is 1. The topological polar surface area (TPSA) is 67.2 Å². The number of aliphatic hydroxyl groups is 1. The van der Waals surface area contributed by atoms with Crippen LogP contribution in [0.15, 0.2) is 6.20 Å². The fraction of sp³-hybridized carbons (Fsp3) is 0.733. The molecule has 1 aromatic heterocycles. The minimum absolute atomic E-state index is 0.167. The zero-order valence-electron chi connectivity index (χ0n) is 13.2. The predicted octanol–water partition coefficient (Wildman–Crippen LogP) is 2.30. The normalized spacial score (nSPS) is 13.0. The molecule has 0 aliphatic carbocycles. The van der Waals surface area contributed by atoms with Gasteiger partial charge in [0.05, 0.1) is 17.9 Å². The zero-order valence-corrected chi connectivity index (χ0v) is 13.2. The SMILES string of the molecule is CCC(CC)C(O)CNC(=O)c1cnn(C(C)C)c1C. The lowest BCUT2D eigenvalue weighted by Crippen LogP contribution is -2.36. The second-order valence-corrected chi connectivity index (χ2v) is 5.54. The van der Waals surface area contributed by atoms with E-state index in [1.807, 2.05) is 25.5 Å². The molecule has 0 saturated carbocycles. The molecule has 0 bridgehead atoms. The smallest absolute Gasteiger partial charge is 0.254 e. The molecule has 114 valence electrons. The number of hydrogen-bond donors (Lipinski definition) is 2. The van der Waals surface area contributed by atoms with Gasteiger partial charge in [0.15, 0.2) is 0 Å². The largest absolute Gasteiger partial charge is 0.391 e. The van der Waals surface area contributed by atoms with Gasteiger partial charge < -0.3 is 10.4 Å². The molecule has 0 radical (unpaired) electrons. The lowest BCUT2D eigenvalue weighted by Gasteiger charge is -2.20. The molecule has 20 heavy (non-hydrogen) atoms. The van der Waals surface area contributed by atoms with Crippen LogP contribution in [0.5, 0.6) is 0 Å². The van der Waals surface area contributed by atoms with E-state index >= 15 is 0 Å². The first-order chi connectivity index (χ1) is 9.42. The zero-order chi connectivity index (χ0) is 15.3. The van der Waals surface area contributed by atoms with Crippen molar-refractivity contribution in [3.63, 3.8) is 0 Å². The van der Waals surface area contributed by atoms with E-state index in [0.717, 1.165) is 18.5 Å². The maximum Gasteiger partial charge on any atom is 0.254 e. The second-order valence-electron chi connectivity index (χ2n) is 5.54. The Hall–Kier alpha value is -1.36. The van der Waals surface area contributed by atoms with Gasteiger partial charge in [0, 0.05) is 18.3 Å². The standard InChI is InChI=1S/C15H27N3O2/c1-6-12(7-2)14(19)9-16-15(20)13-8-17-18(10(3)4)11(13)5/h8,10,12,14,19H,6-7,9H2,1-5H3,(H,16,20). The van der Waals surface area contributed by atoms with E-state index in [1.165, 1.54) is 0 Å². The van der Waals surface area contributed by atoms with Crippen LogP contribution in [0.3, 0.4) is 0 Å². The highest BCUT2D eigenvalue weighted by Crippen LogP contribution is 2.14. The minimum atomic E-state index is -0.491. The average molecular weight is 281 g/mol. The highest BCUT2D eigenvalue weighted by molar-refractivity contribution is 5.95. The van der Waals surface area contributed by atoms with Crippen LogP contribution < -0.4 is 5.32 Å². The Balaban J connectivity index is 2.64. The van der Waals surface area contributed by atoms with E-state index in [-0.39, 0.29) is 24.4 Å². The lowest BCUT2D eigenvalue weighted by atomic mass is 9.96. The quantitative estimate of drug-likeness (QED) is 0.806. The third-order valence-electron chi connectivity index (χ3n) is 3.84. The molecule has 0 spiro atoms. The summed E-state index contributed by atoms with van der Waals surface area (Å²) in [5.41, 5.74) is 1.44. The highest BCUT2D eigenvalue weighted by Gasteiger charge is 2.19. The molecule has 1 amide bonds. The van der Waals surface area contributed by atoms with Gasteiger partial charge in [0.25, 0.3) is 5.91 Å². The Morgan fingerprint density at radius 2 is 2.00 bits per heavy atom. The molecular formula is C15H27N3O2. The first kappa shape index (κ1) is 16.7. The Bertz CT molecular complexity index is 436. The van der Waals surface area contributed by atoms with Crippen LogP contribution in [0, 0.1) is 12.8 Å². The summed E-state index contributed by atoms with van der Waals surface area (Å²) in [6, 6.07) is 0.228. The maximum absolute atomic E-state index is 12.1. The van der Waals surface area contributed by atoms with Crippen molar-refractivity contribution in [3.05, 3.63) is 17.5 Å². The fourth-order valence-electron chi connectivity index (χ4n) is 2.46. The molecule has 1 rings (SSSR count). The summed E-state index contributed by atoms with van der Waals surface area (Å²) in [7, 11) is 0. The number of carbonyl (C=O) groups is 1. The van der Waals surface area contributed by atoms with Crippen molar-refractivity contribution in [2.45, 2.75) is 59.6 Å². The van der Waals surface area contributed by atoms with Crippen molar-refractivity contribution < 1.29 is 9.90 Å². The summed E-state index contributed by atoms with van der Waals surface area (Å²) < 4.78 is 1.83. The van der Waals surface area contributed by atoms with Gasteiger partial charge in [-0.2, -0.15) is 5.10 Å². The predicted molar refractivity (Wildman–Crippen MR) is 79.8 cm³/mol. The second kappa shape index (κ2) is 7.43. The van der Waals surface area contributed by atoms with Crippen LogP contribution >= 0.6 is 0 Å². The van der Waals surface area contributed by atoms with Crippen LogP contribution in [0.2, 0.25) is 0 Å². The van der Waals surface area contributed by atoms with Crippen molar-refractivity contribution in [2.24, 2.45) is 5.92 Å². The van der Waals surface area contributed by atoms with E-state index < -0.39 is 6.10 Å². The maximum atomic E-state index is 12.1. The minimum Gasteiger partial charge on any atom is -0.391 e. The molecule has 5 nitrogen and oxygen atoms in total. The summed E-state index contributed by atoms with van der Waals surface area (Å²) in [4.78, 5) is 12.1. The van der Waals surface area contributed by atoms with E-state index in [2.05, 4.69) is 24.3 Å². The molecular weight excluding hydrogens is 254 g/mol. The molecule has 0 aliphatic rings. The van der Waals surface area contributed by atoms with Crippen LogP contribution in [0.25, 0.3) is 0 Å². The van der Waals surface area contributed by atoms with Crippen LogP contribution in [0.1, 0.15) is 62.6 Å². The molecule has 5 heteroatoms. The van der Waals surface area contributed by atoms with Crippen molar-refractivity contribution in [2.75, 3.05) is 6.54 Å². The van der Waals surface area contributed by atoms with Gasteiger partial charge in [-0.15, -0.1) is 0 Å². The number of amides is 1. The molecule has 0 saturated heterocycles. The van der Waals surface area contributed by atoms with Gasteiger partial charge in [-0.1, -0.05) is 26.7 Å². The van der Waals surface area contributed by atoms with Gasteiger partial charge in [-0.25, -0.2) is 0 Å². The van der Waals surface area contributed by atoms with Crippen molar-refractivity contribution in [1.82, 2.24) is 15.1 Å². The average Bonchev–Trinajstić information content (AvgIpc) is 2.79. The van der Waals surface area contributed by atoms with E-state index in [0.29, 0.717) is 5.56 Å². The Morgan fingerprint density at radius 1 is 1.40 bits per heavy atom. The van der Waals surface area contributed by atoms with Crippen molar-refractivity contribution in [1.29, 1.82) is 0 Å². The molecule has 1 heterocycles. The molecule has 0 fully saturated rings. The summed E-state index contributed by atoms with van der Waals surface area (Å²) in [6.45, 7) is 10.3. The summed E-state index contributed by atoms with van der Waals surface area (Å²) in [5.74, 6) is 0.0641. The van der Waals surface area contributed by atoms with Gasteiger partial charge in [-0.3, -0.25) is 9.48 Å². The van der Waals surface area contributed by atoms with Crippen LogP contribution in [-0.2, 0) is 0 Å². The number of rotatable bonds is 7. The molecule has 0 aliphatic heterocycles. The molecule has 1 aromatic rings. The summed E-state index contributed by atoms with van der Waals surface area (Å²) in [5, 5.41) is 17.1. The van der Waals surface area contributed by atoms with Crippen molar-refractivity contribution in [3.8, 4) is 0 Å². The van der Waals surface area contributed by atoms with Gasteiger partial charge in [0.1, 0.15) is 0 Å². The Kier molecular flexibility index (Phi) is 6.20. The number of nitrogens with zero attached hydrogens (tertiary/aromatic N) is 2. The van der Waals surface area contributed by atoms with Crippen molar-refractivity contribution >= 4 is 5.91 Å². The van der Waals surface area contributed by atoms with Gasteiger partial charge in [-0.05, 0) is 26.7 Å². The molecule has 0 aromatic carbocycles. The number of carbonyl (C=O) groups excluding carboxylic acids is 1. The number of hydrogen-bond acceptors (Lipinski definition) is 3.